The highest BCUT2D eigenvalue weighted by molar-refractivity contribution is 9.10. The number of aromatic nitrogens is 1. The van der Waals surface area contributed by atoms with E-state index in [1.165, 1.54) is 0 Å². The van der Waals surface area contributed by atoms with Crippen LogP contribution in [0.25, 0.3) is 10.8 Å². The Kier molecular flexibility index (Phi) is 3.02. The second-order valence-corrected chi connectivity index (χ2v) is 5.25. The van der Waals surface area contributed by atoms with Crippen molar-refractivity contribution in [1.82, 2.24) is 4.98 Å². The Morgan fingerprint density at radius 3 is 2.70 bits per heavy atom. The van der Waals surface area contributed by atoms with Gasteiger partial charge < -0.3 is 11.1 Å². The molecule has 0 amide bonds. The van der Waals surface area contributed by atoms with Gasteiger partial charge in [0.05, 0.1) is 12.2 Å². The lowest BCUT2D eigenvalue weighted by molar-refractivity contribution is 1.06. The number of hydrogen-bond acceptors (Lipinski definition) is 5. The maximum absolute atomic E-state index is 11.3. The molecule has 20 heavy (non-hydrogen) atoms. The van der Waals surface area contributed by atoms with Gasteiger partial charge in [-0.15, -0.1) is 0 Å². The second-order valence-electron chi connectivity index (χ2n) is 4.39. The number of nitrogens with two attached hydrogens (primary N) is 1. The predicted molar refractivity (Wildman–Crippen MR) is 82.5 cm³/mol. The molecule has 0 saturated carbocycles. The molecule has 6 heteroatoms. The van der Waals surface area contributed by atoms with Gasteiger partial charge in [-0.05, 0) is 17.5 Å². The van der Waals surface area contributed by atoms with Gasteiger partial charge >= 0.3 is 0 Å². The van der Waals surface area contributed by atoms with E-state index in [0.29, 0.717) is 6.54 Å². The van der Waals surface area contributed by atoms with Crippen LogP contribution in [0.1, 0.15) is 5.69 Å². The SMILES string of the molecule is Nc1c(NCc2nccc3c(Br)cccc23)c(=O)c1=O. The third kappa shape index (κ3) is 1.89. The van der Waals surface area contributed by atoms with Gasteiger partial charge in [0.1, 0.15) is 11.4 Å². The minimum atomic E-state index is -0.624. The molecule has 3 aromatic rings. The standard InChI is InChI=1S/C14H10BrN3O2/c15-9-3-1-2-8-7(9)4-5-17-10(8)6-18-12-11(16)13(19)14(12)20/h1-5,18H,6,16H2. The van der Waals surface area contributed by atoms with Gasteiger partial charge in [-0.1, -0.05) is 28.1 Å². The molecule has 2 aromatic carbocycles. The summed E-state index contributed by atoms with van der Waals surface area (Å²) in [6.45, 7) is 0.336. The maximum atomic E-state index is 11.3. The van der Waals surface area contributed by atoms with E-state index in [2.05, 4.69) is 26.2 Å². The van der Waals surface area contributed by atoms with Crippen LogP contribution in [-0.4, -0.2) is 4.98 Å². The summed E-state index contributed by atoms with van der Waals surface area (Å²) in [4.78, 5) is 26.7. The fourth-order valence-corrected chi connectivity index (χ4v) is 2.63. The van der Waals surface area contributed by atoms with Crippen molar-refractivity contribution in [2.75, 3.05) is 11.1 Å². The molecule has 1 heterocycles. The molecule has 0 aliphatic rings. The molecule has 0 radical (unpaired) electrons. The lowest BCUT2D eigenvalue weighted by atomic mass is 10.1. The van der Waals surface area contributed by atoms with Crippen LogP contribution in [-0.2, 0) is 6.54 Å². The van der Waals surface area contributed by atoms with Gasteiger partial charge in [-0.2, -0.15) is 0 Å². The summed E-state index contributed by atoms with van der Waals surface area (Å²) in [6.07, 6.45) is 1.70. The van der Waals surface area contributed by atoms with Crippen LogP contribution in [0.15, 0.2) is 44.5 Å². The smallest absolute Gasteiger partial charge is 0.253 e. The molecule has 3 N–H and O–H groups in total. The van der Waals surface area contributed by atoms with Gasteiger partial charge in [-0.3, -0.25) is 14.6 Å². The number of rotatable bonds is 3. The maximum Gasteiger partial charge on any atom is 0.253 e. The summed E-state index contributed by atoms with van der Waals surface area (Å²) < 4.78 is 0.979. The Bertz CT molecular complexity index is 882. The monoisotopic (exact) mass is 331 g/mol. The Hall–Kier alpha value is -2.21. The zero-order valence-electron chi connectivity index (χ0n) is 10.3. The highest BCUT2D eigenvalue weighted by atomic mass is 79.9. The molecule has 100 valence electrons. The van der Waals surface area contributed by atoms with E-state index < -0.39 is 10.9 Å². The lowest BCUT2D eigenvalue weighted by Gasteiger charge is -2.11. The molecule has 0 unspecified atom stereocenters. The first kappa shape index (κ1) is 12.8. The summed E-state index contributed by atoms with van der Waals surface area (Å²) in [6, 6.07) is 7.74. The molecular weight excluding hydrogens is 322 g/mol. The number of nitrogen functional groups attached to an aromatic ring is 1. The number of halogens is 1. The highest BCUT2D eigenvalue weighted by Crippen LogP contribution is 2.25. The fraction of sp³-hybridized carbons (Fsp3) is 0.0714. The van der Waals surface area contributed by atoms with Crippen molar-refractivity contribution in [2.24, 2.45) is 0 Å². The first-order valence-corrected chi connectivity index (χ1v) is 6.73. The normalized spacial score (nSPS) is 11.1. The van der Waals surface area contributed by atoms with Crippen LogP contribution in [0, 0.1) is 0 Å². The molecule has 0 aliphatic carbocycles. The third-order valence-electron chi connectivity index (χ3n) is 3.22. The van der Waals surface area contributed by atoms with E-state index in [0.717, 1.165) is 20.9 Å². The summed E-state index contributed by atoms with van der Waals surface area (Å²) in [5.41, 5.74) is 5.26. The van der Waals surface area contributed by atoms with Gasteiger partial charge in [0.15, 0.2) is 0 Å². The van der Waals surface area contributed by atoms with Gasteiger partial charge in [0.2, 0.25) is 0 Å². The van der Waals surface area contributed by atoms with E-state index in [1.807, 2.05) is 24.3 Å². The molecule has 0 fully saturated rings. The van der Waals surface area contributed by atoms with Crippen LogP contribution in [0.2, 0.25) is 0 Å². The van der Waals surface area contributed by atoms with Crippen molar-refractivity contribution >= 4 is 38.1 Å². The van der Waals surface area contributed by atoms with Crippen LogP contribution in [0.4, 0.5) is 11.4 Å². The number of nitrogens with zero attached hydrogens (tertiary/aromatic N) is 1. The van der Waals surface area contributed by atoms with Gasteiger partial charge in [-0.25, -0.2) is 0 Å². The van der Waals surface area contributed by atoms with Crippen LogP contribution in [0.3, 0.4) is 0 Å². The number of hydrogen-bond donors (Lipinski definition) is 2. The summed E-state index contributed by atoms with van der Waals surface area (Å²) in [5, 5.41) is 4.90. The zero-order valence-corrected chi connectivity index (χ0v) is 11.9. The number of anilines is 2. The van der Waals surface area contributed by atoms with E-state index >= 15 is 0 Å². The molecular formula is C14H10BrN3O2. The zero-order chi connectivity index (χ0) is 14.3. The van der Waals surface area contributed by atoms with Crippen molar-refractivity contribution in [3.63, 3.8) is 0 Å². The number of nitrogens with one attached hydrogen (secondary N) is 1. The van der Waals surface area contributed by atoms with Gasteiger partial charge in [0.25, 0.3) is 10.9 Å². The Morgan fingerprint density at radius 2 is 1.95 bits per heavy atom. The van der Waals surface area contributed by atoms with Crippen molar-refractivity contribution in [3.8, 4) is 0 Å². The van der Waals surface area contributed by atoms with Crippen molar-refractivity contribution in [2.45, 2.75) is 6.54 Å². The Morgan fingerprint density at radius 1 is 1.15 bits per heavy atom. The molecule has 3 rings (SSSR count). The number of pyridine rings is 1. The average Bonchev–Trinajstić information content (AvgIpc) is 2.47. The van der Waals surface area contributed by atoms with E-state index in [4.69, 9.17) is 5.73 Å². The molecule has 0 saturated heterocycles. The third-order valence-corrected chi connectivity index (χ3v) is 3.91. The fourth-order valence-electron chi connectivity index (χ4n) is 2.13. The number of benzene rings is 1. The van der Waals surface area contributed by atoms with E-state index in [9.17, 15) is 9.59 Å². The largest absolute Gasteiger partial charge is 0.394 e. The van der Waals surface area contributed by atoms with Crippen molar-refractivity contribution < 1.29 is 0 Å². The second kappa shape index (κ2) is 4.72. The average molecular weight is 332 g/mol. The van der Waals surface area contributed by atoms with Crippen LogP contribution in [0.5, 0.6) is 0 Å². The minimum absolute atomic E-state index is 0.00332. The molecule has 1 aromatic heterocycles. The van der Waals surface area contributed by atoms with Crippen LogP contribution >= 0.6 is 15.9 Å². The van der Waals surface area contributed by atoms with E-state index in [-0.39, 0.29) is 11.4 Å². The molecule has 0 atom stereocenters. The van der Waals surface area contributed by atoms with Crippen molar-refractivity contribution in [3.05, 3.63) is 61.1 Å². The summed E-state index contributed by atoms with van der Waals surface area (Å²) in [5.74, 6) is 0. The molecule has 0 aliphatic heterocycles. The number of fused-ring (bicyclic) bond motifs is 1. The topological polar surface area (TPSA) is 85.1 Å². The lowest BCUT2D eigenvalue weighted by Crippen LogP contribution is -2.37. The van der Waals surface area contributed by atoms with Crippen LogP contribution < -0.4 is 21.9 Å². The predicted octanol–water partition coefficient (Wildman–Crippen LogP) is 1.79. The minimum Gasteiger partial charge on any atom is -0.394 e. The molecule has 0 bridgehead atoms. The van der Waals surface area contributed by atoms with E-state index in [1.54, 1.807) is 6.20 Å². The molecule has 0 spiro atoms. The van der Waals surface area contributed by atoms with Crippen molar-refractivity contribution in [1.29, 1.82) is 0 Å². The molecule has 5 nitrogen and oxygen atoms in total. The van der Waals surface area contributed by atoms with Gasteiger partial charge in [0, 0.05) is 16.1 Å². The summed E-state index contributed by atoms with van der Waals surface area (Å²) >= 11 is 3.49. The Balaban J connectivity index is 1.95. The Labute approximate surface area is 122 Å². The first-order chi connectivity index (χ1) is 9.59. The highest BCUT2D eigenvalue weighted by Gasteiger charge is 2.17. The quantitative estimate of drug-likeness (QED) is 0.714. The first-order valence-electron chi connectivity index (χ1n) is 5.94. The summed E-state index contributed by atoms with van der Waals surface area (Å²) in [7, 11) is 0.